The van der Waals surface area contributed by atoms with Gasteiger partial charge in [-0.05, 0) is 37.1 Å². The van der Waals surface area contributed by atoms with Crippen molar-refractivity contribution in [2.24, 2.45) is 0 Å². The fourth-order valence-corrected chi connectivity index (χ4v) is 3.84. The molecule has 2 aromatic rings. The molecule has 1 aromatic carbocycles. The zero-order valence-electron chi connectivity index (χ0n) is 13.6. The molecule has 1 aliphatic carbocycles. The molecule has 3 rings (SSSR count). The molecule has 0 saturated heterocycles. The molecule has 0 spiro atoms. The Balaban J connectivity index is 1.59. The maximum Gasteiger partial charge on any atom is 0.573 e. The first-order valence-electron chi connectivity index (χ1n) is 7.73. The van der Waals surface area contributed by atoms with Crippen molar-refractivity contribution < 1.29 is 31.1 Å². The van der Waals surface area contributed by atoms with Gasteiger partial charge in [0.15, 0.2) is 0 Å². The number of nitrogens with one attached hydrogen (secondary N) is 2. The van der Waals surface area contributed by atoms with E-state index in [9.17, 15) is 26.4 Å². The van der Waals surface area contributed by atoms with E-state index in [1.54, 1.807) is 0 Å². The molecule has 1 aliphatic rings. The molecule has 0 aliphatic heterocycles. The largest absolute Gasteiger partial charge is 0.573 e. The average molecular weight is 421 g/mol. The van der Waals surface area contributed by atoms with Crippen molar-refractivity contribution in [2.45, 2.75) is 36.7 Å². The molecule has 146 valence electrons. The molecule has 0 radical (unpaired) electrons. The fraction of sp³-hybridized carbons (Fsp3) is 0.333. The normalized spacial score (nSPS) is 14.8. The van der Waals surface area contributed by atoms with Crippen LogP contribution in [0.25, 0.3) is 0 Å². The van der Waals surface area contributed by atoms with Gasteiger partial charge in [-0.15, -0.1) is 24.5 Å². The van der Waals surface area contributed by atoms with Gasteiger partial charge in [-0.1, -0.05) is 0 Å². The number of hydrogen-bond donors (Lipinski definition) is 2. The minimum atomic E-state index is -4.85. The lowest BCUT2D eigenvalue weighted by atomic mass is 10.3. The summed E-state index contributed by atoms with van der Waals surface area (Å²) in [4.78, 5) is 15.7. The van der Waals surface area contributed by atoms with Gasteiger partial charge >= 0.3 is 6.36 Å². The van der Waals surface area contributed by atoms with Gasteiger partial charge in [0.05, 0.1) is 11.4 Å². The fourth-order valence-electron chi connectivity index (χ4n) is 2.04. The third kappa shape index (κ3) is 5.65. The lowest BCUT2D eigenvalue weighted by molar-refractivity contribution is -0.274. The number of halogens is 3. The number of alkyl halides is 3. The molecule has 1 fully saturated rings. The predicted molar refractivity (Wildman–Crippen MR) is 89.8 cm³/mol. The Morgan fingerprint density at radius 3 is 2.52 bits per heavy atom. The van der Waals surface area contributed by atoms with Crippen molar-refractivity contribution in [3.8, 4) is 5.75 Å². The van der Waals surface area contributed by atoms with E-state index in [4.69, 9.17) is 0 Å². The van der Waals surface area contributed by atoms with Crippen LogP contribution in [0, 0.1) is 0 Å². The molecular formula is C15H14F3N3O4S2. The molecule has 1 aromatic heterocycles. The van der Waals surface area contributed by atoms with E-state index in [-0.39, 0.29) is 29.1 Å². The molecule has 2 N–H and O–H groups in total. The summed E-state index contributed by atoms with van der Waals surface area (Å²) in [5.41, 5.74) is 0.217. The third-order valence-corrected chi connectivity index (χ3v) is 5.74. The summed E-state index contributed by atoms with van der Waals surface area (Å²) < 4.78 is 66.8. The van der Waals surface area contributed by atoms with Gasteiger partial charge in [-0.3, -0.25) is 4.79 Å². The number of carbonyl (C=O) groups is 1. The second-order valence-corrected chi connectivity index (χ2v) is 8.43. The first-order valence-corrected chi connectivity index (χ1v) is 10.1. The summed E-state index contributed by atoms with van der Waals surface area (Å²) in [7, 11) is -3.96. The topological polar surface area (TPSA) is 97.4 Å². The molecule has 0 unspecified atom stereocenters. The summed E-state index contributed by atoms with van der Waals surface area (Å²) >= 11 is 1.13. The minimum Gasteiger partial charge on any atom is -0.406 e. The van der Waals surface area contributed by atoms with Crippen LogP contribution >= 0.6 is 11.3 Å². The first kappa shape index (κ1) is 19.6. The quantitative estimate of drug-likeness (QED) is 0.716. The Kier molecular flexibility index (Phi) is 5.40. The maximum atomic E-state index is 12.2. The van der Waals surface area contributed by atoms with Crippen molar-refractivity contribution >= 4 is 27.3 Å². The number of amides is 1. The number of sulfonamides is 1. The zero-order valence-corrected chi connectivity index (χ0v) is 15.2. The lowest BCUT2D eigenvalue weighted by Crippen LogP contribution is -2.26. The molecular weight excluding hydrogens is 407 g/mol. The van der Waals surface area contributed by atoms with Gasteiger partial charge in [0.2, 0.25) is 10.0 Å². The number of hydrogen-bond acceptors (Lipinski definition) is 6. The molecule has 27 heavy (non-hydrogen) atoms. The van der Waals surface area contributed by atoms with E-state index >= 15 is 0 Å². The van der Waals surface area contributed by atoms with Crippen molar-refractivity contribution in [3.63, 3.8) is 0 Å². The highest BCUT2D eigenvalue weighted by atomic mass is 32.2. The highest BCUT2D eigenvalue weighted by molar-refractivity contribution is 7.89. The summed E-state index contributed by atoms with van der Waals surface area (Å²) in [6.07, 6.45) is -2.97. The van der Waals surface area contributed by atoms with E-state index in [1.165, 1.54) is 5.38 Å². The lowest BCUT2D eigenvalue weighted by Gasteiger charge is -2.09. The van der Waals surface area contributed by atoms with Crippen LogP contribution in [0.5, 0.6) is 5.75 Å². The number of ether oxygens (including phenoxy) is 1. The molecule has 1 heterocycles. The van der Waals surface area contributed by atoms with Crippen molar-refractivity contribution in [3.05, 3.63) is 40.3 Å². The minimum absolute atomic E-state index is 0.148. The highest BCUT2D eigenvalue weighted by Gasteiger charge is 2.31. The van der Waals surface area contributed by atoms with E-state index in [0.29, 0.717) is 5.01 Å². The highest BCUT2D eigenvalue weighted by Crippen LogP contribution is 2.24. The van der Waals surface area contributed by atoms with Gasteiger partial charge in [0.25, 0.3) is 5.91 Å². The van der Waals surface area contributed by atoms with Gasteiger partial charge in [0.1, 0.15) is 16.5 Å². The molecule has 12 heteroatoms. The number of aromatic nitrogens is 1. The van der Waals surface area contributed by atoms with E-state index in [1.807, 2.05) is 0 Å². The molecule has 0 bridgehead atoms. The Labute approximate surface area is 156 Å². The van der Waals surface area contributed by atoms with Crippen molar-refractivity contribution in [2.75, 3.05) is 0 Å². The van der Waals surface area contributed by atoms with Crippen LogP contribution < -0.4 is 14.8 Å². The Morgan fingerprint density at radius 1 is 1.26 bits per heavy atom. The van der Waals surface area contributed by atoms with Crippen molar-refractivity contribution in [1.29, 1.82) is 0 Å². The predicted octanol–water partition coefficient (Wildman–Crippen LogP) is 2.41. The molecule has 1 amide bonds. The Morgan fingerprint density at radius 2 is 1.93 bits per heavy atom. The van der Waals surface area contributed by atoms with Crippen LogP contribution in [0.1, 0.15) is 28.3 Å². The van der Waals surface area contributed by atoms with Crippen LogP contribution in [0.4, 0.5) is 13.2 Å². The summed E-state index contributed by atoms with van der Waals surface area (Å²) in [5, 5.41) is 4.70. The van der Waals surface area contributed by atoms with E-state index < -0.39 is 22.1 Å². The summed E-state index contributed by atoms with van der Waals surface area (Å²) in [6, 6.07) is 4.00. The van der Waals surface area contributed by atoms with Crippen LogP contribution in [0.3, 0.4) is 0 Å². The third-order valence-electron chi connectivity index (χ3n) is 3.48. The van der Waals surface area contributed by atoms with Crippen LogP contribution in [-0.2, 0) is 16.6 Å². The van der Waals surface area contributed by atoms with Gasteiger partial charge in [-0.2, -0.15) is 0 Å². The smallest absolute Gasteiger partial charge is 0.406 e. The van der Waals surface area contributed by atoms with E-state index in [2.05, 4.69) is 19.8 Å². The van der Waals surface area contributed by atoms with Gasteiger partial charge in [0, 0.05) is 11.4 Å². The second-order valence-electron chi connectivity index (χ2n) is 5.72. The zero-order chi connectivity index (χ0) is 19.7. The Hall–Kier alpha value is -2.18. The van der Waals surface area contributed by atoms with Crippen LogP contribution in [0.2, 0.25) is 0 Å². The maximum absolute atomic E-state index is 12.2. The Bertz CT molecular complexity index is 923. The molecule has 1 saturated carbocycles. The SMILES string of the molecule is O=C(NC1CC1)c1csc(CNS(=O)(=O)c2ccc(OC(F)(F)F)cc2)n1. The number of benzene rings is 1. The standard InChI is InChI=1S/C15H14F3N3O4S2/c16-15(17,18)25-10-3-5-11(6-4-10)27(23,24)19-7-13-21-12(8-26-13)14(22)20-9-1-2-9/h3-6,8-9,19H,1-2,7H2,(H,20,22). The first-order chi connectivity index (χ1) is 12.6. The summed E-state index contributed by atoms with van der Waals surface area (Å²) in [5.74, 6) is -0.823. The number of nitrogens with zero attached hydrogens (tertiary/aromatic N) is 1. The van der Waals surface area contributed by atoms with Crippen LogP contribution in [-0.4, -0.2) is 31.7 Å². The molecule has 7 nitrogen and oxygen atoms in total. The second kappa shape index (κ2) is 7.44. The van der Waals surface area contributed by atoms with Crippen molar-refractivity contribution in [1.82, 2.24) is 15.0 Å². The number of rotatable bonds is 7. The monoisotopic (exact) mass is 421 g/mol. The van der Waals surface area contributed by atoms with E-state index in [0.717, 1.165) is 48.4 Å². The average Bonchev–Trinajstić information content (AvgIpc) is 3.25. The molecule has 0 atom stereocenters. The number of carbonyl (C=O) groups excluding carboxylic acids is 1. The van der Waals surface area contributed by atoms with Crippen LogP contribution in [0.15, 0.2) is 34.5 Å². The van der Waals surface area contributed by atoms with Gasteiger partial charge in [-0.25, -0.2) is 18.1 Å². The number of thiazole rings is 1. The summed E-state index contributed by atoms with van der Waals surface area (Å²) in [6.45, 7) is -0.148. The van der Waals surface area contributed by atoms with Gasteiger partial charge < -0.3 is 10.1 Å².